The Morgan fingerprint density at radius 1 is 1.06 bits per heavy atom. The van der Waals surface area contributed by atoms with Crippen molar-refractivity contribution in [2.45, 2.75) is 73.4 Å². The van der Waals surface area contributed by atoms with Crippen LogP contribution >= 0.6 is 23.2 Å². The van der Waals surface area contributed by atoms with Gasteiger partial charge < -0.3 is 24.9 Å². The average Bonchev–Trinajstić information content (AvgIpc) is 3.51. The van der Waals surface area contributed by atoms with Gasteiger partial charge in [-0.05, 0) is 108 Å². The van der Waals surface area contributed by atoms with Crippen molar-refractivity contribution in [2.75, 3.05) is 23.4 Å². The van der Waals surface area contributed by atoms with Crippen molar-refractivity contribution in [3.63, 3.8) is 0 Å². The third kappa shape index (κ3) is 6.40. The van der Waals surface area contributed by atoms with Crippen molar-refractivity contribution >= 4 is 63.9 Å². The molecule has 3 heterocycles. The zero-order valence-electron chi connectivity index (χ0n) is 29.3. The molecule has 0 spiro atoms. The maximum atomic E-state index is 14.9. The summed E-state index contributed by atoms with van der Waals surface area (Å²) in [5.74, 6) is 0.605. The Morgan fingerprint density at radius 2 is 1.80 bits per heavy atom. The highest BCUT2D eigenvalue weighted by molar-refractivity contribution is 6.35. The number of aromatic amines is 1. The zero-order chi connectivity index (χ0) is 35.9. The number of benzene rings is 3. The van der Waals surface area contributed by atoms with Crippen LogP contribution in [0.25, 0.3) is 22.0 Å². The maximum absolute atomic E-state index is 14.9. The summed E-state index contributed by atoms with van der Waals surface area (Å²) in [4.78, 5) is 29.0. The lowest BCUT2D eigenvalue weighted by Gasteiger charge is -2.24. The van der Waals surface area contributed by atoms with Gasteiger partial charge in [-0.2, -0.15) is 5.10 Å². The molecule has 0 bridgehead atoms. The molecule has 0 radical (unpaired) electrons. The van der Waals surface area contributed by atoms with E-state index in [1.165, 1.54) is 6.21 Å². The molecule has 50 heavy (non-hydrogen) atoms. The molecule has 2 aromatic heterocycles. The van der Waals surface area contributed by atoms with Crippen LogP contribution in [0.1, 0.15) is 81.2 Å². The Labute approximate surface area is 302 Å². The highest BCUT2D eigenvalue weighted by Gasteiger charge is 2.33. The standard InChI is InChI=1S/C39H42Cl2N6O3/c1-21(2)43-33-18-27(17-26(20-48)31(33)19-42)46-12-8-13-47-37-30(10-11-32(40)35(37)34-24(5)44-45-25(34)6)29(38(47)39(46)49)9-7-14-50-28-15-22(3)36(41)23(4)16-28/h10-11,15-21,42-43H,7-9,12-14H2,1-6H3,(H,44,45). The van der Waals surface area contributed by atoms with Gasteiger partial charge in [0.15, 0.2) is 6.29 Å². The van der Waals surface area contributed by atoms with E-state index in [1.54, 1.807) is 11.0 Å². The number of nitrogens with one attached hydrogen (secondary N) is 3. The molecule has 0 atom stereocenters. The molecule has 0 fully saturated rings. The summed E-state index contributed by atoms with van der Waals surface area (Å²) in [6, 6.07) is 11.4. The lowest BCUT2D eigenvalue weighted by atomic mass is 9.98. The number of fused-ring (bicyclic) bond motifs is 3. The first-order valence-electron chi connectivity index (χ1n) is 16.9. The number of carbonyl (C=O) groups excluding carboxylic acids is 2. The van der Waals surface area contributed by atoms with Gasteiger partial charge in [-0.3, -0.25) is 14.7 Å². The Bertz CT molecular complexity index is 2110. The summed E-state index contributed by atoms with van der Waals surface area (Å²) in [6.45, 7) is 13.3. The fraction of sp³-hybridized carbons (Fsp3) is 0.333. The van der Waals surface area contributed by atoms with Crippen LogP contribution in [0.15, 0.2) is 36.4 Å². The van der Waals surface area contributed by atoms with Crippen LogP contribution in [0.2, 0.25) is 10.0 Å². The third-order valence-electron chi connectivity index (χ3n) is 9.34. The number of halogens is 2. The van der Waals surface area contributed by atoms with Crippen LogP contribution in [-0.4, -0.2) is 52.4 Å². The van der Waals surface area contributed by atoms with E-state index in [0.29, 0.717) is 72.2 Å². The van der Waals surface area contributed by atoms with Crippen molar-refractivity contribution in [3.05, 3.63) is 91.3 Å². The van der Waals surface area contributed by atoms with Crippen molar-refractivity contribution in [1.29, 1.82) is 5.41 Å². The Hall–Kier alpha value is -4.60. The number of aryl methyl sites for hydroxylation is 6. The molecular formula is C39H42Cl2N6O3. The second-order valence-electron chi connectivity index (χ2n) is 13.3. The Morgan fingerprint density at radius 3 is 2.44 bits per heavy atom. The predicted molar refractivity (Wildman–Crippen MR) is 204 cm³/mol. The topological polar surface area (TPSA) is 116 Å². The summed E-state index contributed by atoms with van der Waals surface area (Å²) in [6.07, 6.45) is 3.84. The first-order valence-corrected chi connectivity index (χ1v) is 17.7. The van der Waals surface area contributed by atoms with Gasteiger partial charge in [-0.1, -0.05) is 29.3 Å². The van der Waals surface area contributed by atoms with Crippen molar-refractivity contribution in [1.82, 2.24) is 14.8 Å². The zero-order valence-corrected chi connectivity index (χ0v) is 30.8. The van der Waals surface area contributed by atoms with Crippen molar-refractivity contribution < 1.29 is 14.3 Å². The fourth-order valence-electron chi connectivity index (χ4n) is 7.17. The molecule has 1 aliphatic heterocycles. The number of H-pyrrole nitrogens is 1. The number of aldehydes is 1. The van der Waals surface area contributed by atoms with E-state index in [4.69, 9.17) is 33.3 Å². The highest BCUT2D eigenvalue weighted by atomic mass is 35.5. The summed E-state index contributed by atoms with van der Waals surface area (Å²) < 4.78 is 8.32. The highest BCUT2D eigenvalue weighted by Crippen LogP contribution is 2.43. The molecule has 1 amide bonds. The van der Waals surface area contributed by atoms with E-state index in [9.17, 15) is 9.59 Å². The number of hydrogen-bond donors (Lipinski definition) is 3. The largest absolute Gasteiger partial charge is 0.494 e. The second kappa shape index (κ2) is 14.3. The number of hydrogen-bond acceptors (Lipinski definition) is 6. The molecule has 11 heteroatoms. The Balaban J connectivity index is 1.48. The van der Waals surface area contributed by atoms with Gasteiger partial charge in [0.2, 0.25) is 0 Å². The lowest BCUT2D eigenvalue weighted by Crippen LogP contribution is -2.32. The SMILES string of the molecule is Cc1cc(OCCCc2c3n(c4c(-c5c(C)n[nH]c5C)c(Cl)ccc24)CCCN(c2cc(C=O)c(C=N)c(NC(C)C)c2)C3=O)cc(C)c1Cl. The number of rotatable bonds is 11. The number of carbonyl (C=O) groups is 2. The van der Waals surface area contributed by atoms with Crippen LogP contribution in [-0.2, 0) is 13.0 Å². The summed E-state index contributed by atoms with van der Waals surface area (Å²) >= 11 is 13.4. The number of aromatic nitrogens is 3. The Kier molecular flexibility index (Phi) is 10.1. The number of nitrogens with zero attached hydrogens (tertiary/aromatic N) is 3. The molecule has 3 N–H and O–H groups in total. The molecule has 0 unspecified atom stereocenters. The first-order chi connectivity index (χ1) is 23.9. The quantitative estimate of drug-likeness (QED) is 0.0717. The summed E-state index contributed by atoms with van der Waals surface area (Å²) in [5, 5.41) is 21.2. The number of anilines is 2. The van der Waals surface area contributed by atoms with Gasteiger partial charge in [0, 0.05) is 75.1 Å². The molecule has 3 aromatic carbocycles. The van der Waals surface area contributed by atoms with E-state index in [2.05, 4.69) is 20.1 Å². The molecule has 260 valence electrons. The van der Waals surface area contributed by atoms with Crippen LogP contribution in [0.3, 0.4) is 0 Å². The van der Waals surface area contributed by atoms with Gasteiger partial charge in [0.25, 0.3) is 5.91 Å². The predicted octanol–water partition coefficient (Wildman–Crippen LogP) is 9.26. The van der Waals surface area contributed by atoms with Crippen molar-refractivity contribution in [3.8, 4) is 16.9 Å². The smallest absolute Gasteiger partial charge is 0.275 e. The average molecular weight is 714 g/mol. The van der Waals surface area contributed by atoms with E-state index in [-0.39, 0.29) is 11.9 Å². The third-order valence-corrected chi connectivity index (χ3v) is 10.3. The van der Waals surface area contributed by atoms with Crippen LogP contribution in [0.5, 0.6) is 5.75 Å². The number of ether oxygens (including phenoxy) is 1. The van der Waals surface area contributed by atoms with Crippen LogP contribution in [0, 0.1) is 33.1 Å². The van der Waals surface area contributed by atoms with Gasteiger partial charge in [0.05, 0.1) is 22.8 Å². The van der Waals surface area contributed by atoms with Gasteiger partial charge in [0.1, 0.15) is 11.4 Å². The van der Waals surface area contributed by atoms with Gasteiger partial charge >= 0.3 is 0 Å². The van der Waals surface area contributed by atoms with E-state index >= 15 is 0 Å². The molecule has 0 saturated carbocycles. The monoisotopic (exact) mass is 712 g/mol. The fourth-order valence-corrected chi connectivity index (χ4v) is 7.52. The number of amides is 1. The second-order valence-corrected chi connectivity index (χ2v) is 14.1. The molecule has 0 aliphatic carbocycles. The molecule has 1 aliphatic rings. The van der Waals surface area contributed by atoms with E-state index < -0.39 is 0 Å². The van der Waals surface area contributed by atoms with E-state index in [0.717, 1.165) is 67.2 Å². The summed E-state index contributed by atoms with van der Waals surface area (Å²) in [5.41, 5.74) is 9.95. The molecule has 6 rings (SSSR count). The van der Waals surface area contributed by atoms with Crippen LogP contribution in [0.4, 0.5) is 11.4 Å². The van der Waals surface area contributed by atoms with Crippen molar-refractivity contribution in [2.24, 2.45) is 0 Å². The molecule has 9 nitrogen and oxygen atoms in total. The molecular weight excluding hydrogens is 671 g/mol. The minimum absolute atomic E-state index is 0.0540. The minimum Gasteiger partial charge on any atom is -0.494 e. The maximum Gasteiger partial charge on any atom is 0.275 e. The van der Waals surface area contributed by atoms with E-state index in [1.807, 2.05) is 71.9 Å². The molecule has 5 aromatic rings. The van der Waals surface area contributed by atoms with Gasteiger partial charge in [-0.15, -0.1) is 0 Å². The van der Waals surface area contributed by atoms with Crippen LogP contribution < -0.4 is 15.0 Å². The normalized spacial score (nSPS) is 13.1. The lowest BCUT2D eigenvalue weighted by molar-refractivity contribution is 0.0982. The van der Waals surface area contributed by atoms with Gasteiger partial charge in [-0.25, -0.2) is 0 Å². The molecule has 0 saturated heterocycles. The first kappa shape index (κ1) is 35.2. The minimum atomic E-state index is -0.156. The summed E-state index contributed by atoms with van der Waals surface area (Å²) in [7, 11) is 0.